The van der Waals surface area contributed by atoms with Crippen LogP contribution in [0.25, 0.3) is 0 Å². The second-order valence-electron chi connectivity index (χ2n) is 4.12. The van der Waals surface area contributed by atoms with Crippen LogP contribution in [0.1, 0.15) is 12.8 Å². The number of nitrogens with zero attached hydrogens (tertiary/aromatic N) is 1. The number of nitrogens with one attached hydrogen (secondary N) is 1. The van der Waals surface area contributed by atoms with E-state index in [0.29, 0.717) is 6.10 Å². The van der Waals surface area contributed by atoms with Crippen molar-refractivity contribution >= 4 is 0 Å². The molecular weight excluding hydrogens is 192 g/mol. The molecule has 0 saturated carbocycles. The summed E-state index contributed by atoms with van der Waals surface area (Å²) in [6, 6.07) is 0. The predicted octanol–water partition coefficient (Wildman–Crippen LogP) is 0.333. The Morgan fingerprint density at radius 3 is 2.53 bits per heavy atom. The Kier molecular flexibility index (Phi) is 6.92. The molecule has 1 N–H and O–H groups in total. The molecule has 0 aliphatic carbocycles. The first-order valence-corrected chi connectivity index (χ1v) is 5.82. The molecule has 0 bridgehead atoms. The molecule has 4 heteroatoms. The lowest BCUT2D eigenvalue weighted by molar-refractivity contribution is 0.0207. The van der Waals surface area contributed by atoms with E-state index in [1.165, 1.54) is 0 Å². The van der Waals surface area contributed by atoms with Crippen molar-refractivity contribution in [3.63, 3.8) is 0 Å². The summed E-state index contributed by atoms with van der Waals surface area (Å²) in [7, 11) is 3.84. The van der Waals surface area contributed by atoms with Gasteiger partial charge in [-0.2, -0.15) is 0 Å². The van der Waals surface area contributed by atoms with Gasteiger partial charge < -0.3 is 19.7 Å². The predicted molar refractivity (Wildman–Crippen MR) is 61.2 cm³/mol. The van der Waals surface area contributed by atoms with Gasteiger partial charge in [-0.1, -0.05) is 0 Å². The van der Waals surface area contributed by atoms with E-state index in [1.54, 1.807) is 7.11 Å². The Balaban J connectivity index is 1.94. The molecule has 1 aliphatic heterocycles. The number of rotatable bonds is 7. The molecule has 0 atom stereocenters. The minimum atomic E-state index is 0.474. The van der Waals surface area contributed by atoms with Gasteiger partial charge in [0.1, 0.15) is 0 Å². The fraction of sp³-hybridized carbons (Fsp3) is 1.00. The normalized spacial score (nSPS) is 18.6. The summed E-state index contributed by atoms with van der Waals surface area (Å²) in [5.41, 5.74) is 0. The van der Waals surface area contributed by atoms with Gasteiger partial charge in [0, 0.05) is 20.2 Å². The summed E-state index contributed by atoms with van der Waals surface area (Å²) in [4.78, 5) is 2.24. The summed E-state index contributed by atoms with van der Waals surface area (Å²) in [6.07, 6.45) is 2.78. The van der Waals surface area contributed by atoms with E-state index < -0.39 is 0 Å². The highest BCUT2D eigenvalue weighted by atomic mass is 16.5. The van der Waals surface area contributed by atoms with Gasteiger partial charge in [-0.3, -0.25) is 0 Å². The fourth-order valence-electron chi connectivity index (χ4n) is 1.70. The molecule has 0 aromatic rings. The van der Waals surface area contributed by atoms with Gasteiger partial charge in [-0.15, -0.1) is 0 Å². The standard InChI is InChI=1S/C11H24N2O2/c1-13(7-9-14-2)8-10-15-11-3-5-12-6-4-11/h11-12H,3-10H2,1-2H3. The van der Waals surface area contributed by atoms with Crippen molar-refractivity contribution in [2.24, 2.45) is 0 Å². The van der Waals surface area contributed by atoms with E-state index in [1.807, 2.05) is 0 Å². The van der Waals surface area contributed by atoms with Gasteiger partial charge in [0.05, 0.1) is 19.3 Å². The van der Waals surface area contributed by atoms with Crippen LogP contribution in [-0.2, 0) is 9.47 Å². The van der Waals surface area contributed by atoms with Crippen LogP contribution in [0.5, 0.6) is 0 Å². The van der Waals surface area contributed by atoms with Crippen molar-refractivity contribution < 1.29 is 9.47 Å². The number of ether oxygens (including phenoxy) is 2. The third kappa shape index (κ3) is 6.10. The summed E-state index contributed by atoms with van der Waals surface area (Å²) < 4.78 is 10.8. The summed E-state index contributed by atoms with van der Waals surface area (Å²) >= 11 is 0. The molecule has 0 unspecified atom stereocenters. The van der Waals surface area contributed by atoms with Crippen LogP contribution >= 0.6 is 0 Å². The second kappa shape index (κ2) is 8.05. The molecular formula is C11H24N2O2. The molecule has 0 radical (unpaired) electrons. The SMILES string of the molecule is COCCN(C)CCOC1CCNCC1. The highest BCUT2D eigenvalue weighted by molar-refractivity contribution is 4.68. The van der Waals surface area contributed by atoms with Crippen LogP contribution in [-0.4, -0.2) is 64.6 Å². The molecule has 1 heterocycles. The monoisotopic (exact) mass is 216 g/mol. The Bertz CT molecular complexity index is 150. The lowest BCUT2D eigenvalue weighted by Crippen LogP contribution is -2.34. The van der Waals surface area contributed by atoms with Crippen LogP contribution in [0, 0.1) is 0 Å². The first kappa shape index (κ1) is 12.9. The average Bonchev–Trinajstić information content (AvgIpc) is 2.28. The van der Waals surface area contributed by atoms with Crippen LogP contribution in [0.2, 0.25) is 0 Å². The highest BCUT2D eigenvalue weighted by Gasteiger charge is 2.12. The quantitative estimate of drug-likeness (QED) is 0.665. The van der Waals surface area contributed by atoms with Crippen molar-refractivity contribution in [3.8, 4) is 0 Å². The van der Waals surface area contributed by atoms with Gasteiger partial charge in [-0.05, 0) is 33.0 Å². The zero-order valence-corrected chi connectivity index (χ0v) is 10.00. The molecule has 1 rings (SSSR count). The van der Waals surface area contributed by atoms with Gasteiger partial charge in [0.2, 0.25) is 0 Å². The zero-order valence-electron chi connectivity index (χ0n) is 10.00. The van der Waals surface area contributed by atoms with Gasteiger partial charge >= 0.3 is 0 Å². The Hall–Kier alpha value is -0.160. The lowest BCUT2D eigenvalue weighted by Gasteiger charge is -2.24. The van der Waals surface area contributed by atoms with E-state index in [9.17, 15) is 0 Å². The summed E-state index contributed by atoms with van der Waals surface area (Å²) in [5.74, 6) is 0. The highest BCUT2D eigenvalue weighted by Crippen LogP contribution is 2.06. The first-order valence-electron chi connectivity index (χ1n) is 5.82. The van der Waals surface area contributed by atoms with Crippen LogP contribution in [0.15, 0.2) is 0 Å². The number of likely N-dealkylation sites (N-methyl/N-ethyl adjacent to an activating group) is 1. The van der Waals surface area contributed by atoms with Crippen molar-refractivity contribution in [1.82, 2.24) is 10.2 Å². The molecule has 0 aromatic carbocycles. The molecule has 1 saturated heterocycles. The number of hydrogen-bond acceptors (Lipinski definition) is 4. The van der Waals surface area contributed by atoms with E-state index in [2.05, 4.69) is 17.3 Å². The van der Waals surface area contributed by atoms with E-state index in [0.717, 1.165) is 52.2 Å². The summed E-state index contributed by atoms with van der Waals surface area (Å²) in [6.45, 7) is 5.81. The third-order valence-electron chi connectivity index (χ3n) is 2.79. The maximum Gasteiger partial charge on any atom is 0.0600 e. The number of piperidine rings is 1. The van der Waals surface area contributed by atoms with E-state index >= 15 is 0 Å². The van der Waals surface area contributed by atoms with Crippen molar-refractivity contribution in [1.29, 1.82) is 0 Å². The van der Waals surface area contributed by atoms with Crippen LogP contribution < -0.4 is 5.32 Å². The molecule has 0 amide bonds. The van der Waals surface area contributed by atoms with Crippen LogP contribution in [0.3, 0.4) is 0 Å². The number of methoxy groups -OCH3 is 1. The minimum absolute atomic E-state index is 0.474. The molecule has 90 valence electrons. The topological polar surface area (TPSA) is 33.7 Å². The maximum atomic E-state index is 5.81. The minimum Gasteiger partial charge on any atom is -0.383 e. The van der Waals surface area contributed by atoms with E-state index in [-0.39, 0.29) is 0 Å². The first-order chi connectivity index (χ1) is 7.33. The summed E-state index contributed by atoms with van der Waals surface area (Å²) in [5, 5.41) is 3.33. The smallest absolute Gasteiger partial charge is 0.0600 e. The average molecular weight is 216 g/mol. The number of hydrogen-bond donors (Lipinski definition) is 1. The van der Waals surface area contributed by atoms with Crippen molar-refractivity contribution in [2.45, 2.75) is 18.9 Å². The Morgan fingerprint density at radius 2 is 1.87 bits per heavy atom. The fourth-order valence-corrected chi connectivity index (χ4v) is 1.70. The molecule has 0 aromatic heterocycles. The lowest BCUT2D eigenvalue weighted by atomic mass is 10.1. The van der Waals surface area contributed by atoms with Crippen LogP contribution in [0.4, 0.5) is 0 Å². The third-order valence-corrected chi connectivity index (χ3v) is 2.79. The Morgan fingerprint density at radius 1 is 1.20 bits per heavy atom. The van der Waals surface area contributed by atoms with Gasteiger partial charge in [-0.25, -0.2) is 0 Å². The largest absolute Gasteiger partial charge is 0.383 e. The molecule has 15 heavy (non-hydrogen) atoms. The molecule has 1 aliphatic rings. The van der Waals surface area contributed by atoms with Crippen molar-refractivity contribution in [2.75, 3.05) is 53.6 Å². The molecule has 0 spiro atoms. The van der Waals surface area contributed by atoms with Gasteiger partial charge in [0.15, 0.2) is 0 Å². The van der Waals surface area contributed by atoms with Gasteiger partial charge in [0.25, 0.3) is 0 Å². The van der Waals surface area contributed by atoms with E-state index in [4.69, 9.17) is 9.47 Å². The van der Waals surface area contributed by atoms with Crippen molar-refractivity contribution in [3.05, 3.63) is 0 Å². The molecule has 1 fully saturated rings. The Labute approximate surface area is 92.9 Å². The maximum absolute atomic E-state index is 5.81. The zero-order chi connectivity index (χ0) is 10.9. The second-order valence-corrected chi connectivity index (χ2v) is 4.12. The molecule has 4 nitrogen and oxygen atoms in total.